The molecule has 0 aromatic carbocycles. The van der Waals surface area contributed by atoms with E-state index in [1.807, 2.05) is 0 Å². The van der Waals surface area contributed by atoms with Crippen molar-refractivity contribution in [2.75, 3.05) is 33.4 Å². The fraction of sp³-hybridized carbons (Fsp3) is 0.462. The summed E-state index contributed by atoms with van der Waals surface area (Å²) < 4.78 is 7.45. The number of nitrogens with one attached hydrogen (secondary N) is 2. The van der Waals surface area contributed by atoms with Crippen LogP contribution in [0.1, 0.15) is 0 Å². The Morgan fingerprint density at radius 1 is 1.32 bits per heavy atom. The number of carbonyl (C=O) groups is 1. The highest BCUT2D eigenvalue weighted by Crippen LogP contribution is 1.94. The number of fused-ring (bicyclic) bond motifs is 1. The van der Waals surface area contributed by atoms with Gasteiger partial charge < -0.3 is 15.4 Å². The standard InChI is InChI=1S/C13H19N5O3.ClH/c1-21-9-7-14-5-6-15-12(19)10-18-13(20)17-8-3-2-4-11(17)16-18;/h2-4,8,14H,5-7,9-10H2,1H3,(H,15,19);1H. The number of methoxy groups -OCH3 is 1. The first-order valence-electron chi connectivity index (χ1n) is 6.73. The van der Waals surface area contributed by atoms with Crippen molar-refractivity contribution < 1.29 is 9.53 Å². The summed E-state index contributed by atoms with van der Waals surface area (Å²) in [7, 11) is 1.63. The maximum atomic E-state index is 12.0. The molecule has 2 N–H and O–H groups in total. The molecule has 2 rings (SSSR count). The van der Waals surface area contributed by atoms with Crippen molar-refractivity contribution in [3.8, 4) is 0 Å². The summed E-state index contributed by atoms with van der Waals surface area (Å²) >= 11 is 0. The second-order valence-corrected chi connectivity index (χ2v) is 4.46. The van der Waals surface area contributed by atoms with Crippen molar-refractivity contribution >= 4 is 24.0 Å². The van der Waals surface area contributed by atoms with Gasteiger partial charge in [-0.2, -0.15) is 0 Å². The van der Waals surface area contributed by atoms with Crippen molar-refractivity contribution in [3.63, 3.8) is 0 Å². The number of nitrogens with zero attached hydrogens (tertiary/aromatic N) is 3. The fourth-order valence-corrected chi connectivity index (χ4v) is 1.85. The minimum Gasteiger partial charge on any atom is -0.383 e. The normalized spacial score (nSPS) is 10.4. The van der Waals surface area contributed by atoms with Gasteiger partial charge in [-0.1, -0.05) is 6.07 Å². The van der Waals surface area contributed by atoms with Crippen molar-refractivity contribution in [2.24, 2.45) is 0 Å². The topological polar surface area (TPSA) is 89.7 Å². The van der Waals surface area contributed by atoms with Gasteiger partial charge in [0.2, 0.25) is 5.91 Å². The number of halogens is 1. The van der Waals surface area contributed by atoms with Crippen LogP contribution in [0.4, 0.5) is 0 Å². The molecule has 122 valence electrons. The minimum atomic E-state index is -0.320. The lowest BCUT2D eigenvalue weighted by Crippen LogP contribution is -2.37. The lowest BCUT2D eigenvalue weighted by molar-refractivity contribution is -0.121. The monoisotopic (exact) mass is 329 g/mol. The van der Waals surface area contributed by atoms with Gasteiger partial charge in [-0.15, -0.1) is 17.5 Å². The van der Waals surface area contributed by atoms with Crippen LogP contribution in [-0.2, 0) is 16.1 Å². The summed E-state index contributed by atoms with van der Waals surface area (Å²) in [6, 6.07) is 5.25. The summed E-state index contributed by atoms with van der Waals surface area (Å²) in [5, 5.41) is 9.93. The van der Waals surface area contributed by atoms with E-state index in [4.69, 9.17) is 4.74 Å². The third-order valence-corrected chi connectivity index (χ3v) is 2.89. The number of hydrogen-bond acceptors (Lipinski definition) is 5. The molecule has 0 aliphatic rings. The second kappa shape index (κ2) is 9.19. The Kier molecular flexibility index (Phi) is 7.58. The molecular weight excluding hydrogens is 310 g/mol. The summed E-state index contributed by atoms with van der Waals surface area (Å²) in [6.07, 6.45) is 1.62. The molecule has 0 fully saturated rings. The van der Waals surface area contributed by atoms with E-state index >= 15 is 0 Å². The van der Waals surface area contributed by atoms with Crippen LogP contribution in [0.15, 0.2) is 29.2 Å². The number of aromatic nitrogens is 3. The summed E-state index contributed by atoms with van der Waals surface area (Å²) in [5.41, 5.74) is 0.204. The summed E-state index contributed by atoms with van der Waals surface area (Å²) in [4.78, 5) is 23.7. The molecular formula is C13H20ClN5O3. The molecule has 0 saturated carbocycles. The number of hydrogen-bond donors (Lipinski definition) is 2. The average Bonchev–Trinajstić information content (AvgIpc) is 2.80. The highest BCUT2D eigenvalue weighted by molar-refractivity contribution is 5.85. The van der Waals surface area contributed by atoms with Gasteiger partial charge in [-0.3, -0.25) is 9.20 Å². The summed E-state index contributed by atoms with van der Waals surface area (Å²) in [6.45, 7) is 2.42. The molecule has 0 bridgehead atoms. The van der Waals surface area contributed by atoms with E-state index in [1.54, 1.807) is 31.5 Å². The largest absolute Gasteiger partial charge is 0.383 e. The van der Waals surface area contributed by atoms with Gasteiger partial charge in [0.05, 0.1) is 6.61 Å². The number of carbonyl (C=O) groups excluding carboxylic acids is 1. The Morgan fingerprint density at radius 2 is 2.14 bits per heavy atom. The first-order valence-corrected chi connectivity index (χ1v) is 6.73. The molecule has 0 unspecified atom stereocenters. The zero-order valence-electron chi connectivity index (χ0n) is 12.3. The predicted molar refractivity (Wildman–Crippen MR) is 84.5 cm³/mol. The molecule has 8 nitrogen and oxygen atoms in total. The fourth-order valence-electron chi connectivity index (χ4n) is 1.85. The van der Waals surface area contributed by atoms with Gasteiger partial charge in [0, 0.05) is 32.9 Å². The van der Waals surface area contributed by atoms with E-state index in [9.17, 15) is 9.59 Å². The molecule has 1 amide bonds. The van der Waals surface area contributed by atoms with Crippen molar-refractivity contribution in [3.05, 3.63) is 34.9 Å². The van der Waals surface area contributed by atoms with E-state index < -0.39 is 0 Å². The van der Waals surface area contributed by atoms with Crippen molar-refractivity contribution in [1.29, 1.82) is 0 Å². The van der Waals surface area contributed by atoms with Crippen LogP contribution < -0.4 is 16.3 Å². The number of ether oxygens (including phenoxy) is 1. The Bertz CT molecular complexity index is 654. The van der Waals surface area contributed by atoms with Gasteiger partial charge in [0.25, 0.3) is 0 Å². The van der Waals surface area contributed by atoms with Gasteiger partial charge in [-0.25, -0.2) is 9.48 Å². The van der Waals surface area contributed by atoms with Crippen LogP contribution in [-0.4, -0.2) is 53.4 Å². The Morgan fingerprint density at radius 3 is 2.86 bits per heavy atom. The predicted octanol–water partition coefficient (Wildman–Crippen LogP) is -0.730. The Hall–Kier alpha value is -1.90. The third kappa shape index (κ3) is 4.83. The van der Waals surface area contributed by atoms with Crippen molar-refractivity contribution in [1.82, 2.24) is 24.8 Å². The van der Waals surface area contributed by atoms with Gasteiger partial charge in [0.15, 0.2) is 5.65 Å². The molecule has 0 aliphatic heterocycles. The van der Waals surface area contributed by atoms with Gasteiger partial charge in [-0.05, 0) is 12.1 Å². The molecule has 9 heteroatoms. The van der Waals surface area contributed by atoms with Crippen LogP contribution in [0.3, 0.4) is 0 Å². The maximum absolute atomic E-state index is 12.0. The zero-order chi connectivity index (χ0) is 15.1. The Labute approximate surface area is 133 Å². The van der Waals surface area contributed by atoms with Gasteiger partial charge in [0.1, 0.15) is 6.54 Å². The maximum Gasteiger partial charge on any atom is 0.350 e. The first kappa shape index (κ1) is 18.1. The molecule has 2 heterocycles. The number of pyridine rings is 1. The van der Waals surface area contributed by atoms with E-state index in [2.05, 4.69) is 15.7 Å². The lowest BCUT2D eigenvalue weighted by atomic mass is 10.5. The second-order valence-electron chi connectivity index (χ2n) is 4.46. The van der Waals surface area contributed by atoms with Gasteiger partial charge >= 0.3 is 5.69 Å². The molecule has 0 saturated heterocycles. The lowest BCUT2D eigenvalue weighted by Gasteiger charge is -2.06. The SMILES string of the molecule is COCCNCCNC(=O)Cn1nc2ccccn2c1=O.Cl. The van der Waals surface area contributed by atoms with E-state index in [0.29, 0.717) is 25.3 Å². The van der Waals surface area contributed by atoms with Crippen molar-refractivity contribution in [2.45, 2.75) is 6.54 Å². The van der Waals surface area contributed by atoms with E-state index in [-0.39, 0.29) is 30.5 Å². The molecule has 0 atom stereocenters. The molecule has 0 aliphatic carbocycles. The number of amides is 1. The van der Waals surface area contributed by atoms with Crippen LogP contribution in [0, 0.1) is 0 Å². The zero-order valence-corrected chi connectivity index (χ0v) is 13.1. The quantitative estimate of drug-likeness (QED) is 0.623. The van der Waals surface area contributed by atoms with E-state index in [0.717, 1.165) is 11.2 Å². The highest BCUT2D eigenvalue weighted by Gasteiger charge is 2.09. The van der Waals surface area contributed by atoms with Crippen LogP contribution in [0.25, 0.3) is 5.65 Å². The number of rotatable bonds is 8. The highest BCUT2D eigenvalue weighted by atomic mass is 35.5. The molecule has 22 heavy (non-hydrogen) atoms. The first-order chi connectivity index (χ1) is 10.2. The minimum absolute atomic E-state index is 0. The Balaban J connectivity index is 0.00000242. The van der Waals surface area contributed by atoms with E-state index in [1.165, 1.54) is 4.40 Å². The summed E-state index contributed by atoms with van der Waals surface area (Å²) in [5.74, 6) is -0.242. The molecule has 2 aromatic rings. The smallest absolute Gasteiger partial charge is 0.350 e. The molecule has 0 radical (unpaired) electrons. The molecule has 2 aromatic heterocycles. The average molecular weight is 330 g/mol. The van der Waals surface area contributed by atoms with Crippen LogP contribution >= 0.6 is 12.4 Å². The third-order valence-electron chi connectivity index (χ3n) is 2.89. The molecule has 0 spiro atoms. The van der Waals surface area contributed by atoms with Crippen LogP contribution in [0.5, 0.6) is 0 Å². The van der Waals surface area contributed by atoms with Crippen LogP contribution in [0.2, 0.25) is 0 Å².